The molecule has 0 aliphatic rings. The minimum atomic E-state index is -0.866. The number of rotatable bonds is 2. The van der Waals surface area contributed by atoms with Crippen molar-refractivity contribution in [2.45, 2.75) is 0 Å². The topological polar surface area (TPSA) is 40.5 Å². The van der Waals surface area contributed by atoms with Crippen LogP contribution in [0.1, 0.15) is 10.4 Å². The zero-order chi connectivity index (χ0) is 8.43. The number of thiophene rings is 1. The Bertz CT molecular complexity index is 267. The molecule has 0 aliphatic carbocycles. The van der Waals surface area contributed by atoms with E-state index in [0.717, 1.165) is 5.00 Å². The Kier molecular flexibility index (Phi) is 2.14. The minimum Gasteiger partial charge on any atom is -0.478 e. The van der Waals surface area contributed by atoms with Crippen LogP contribution in [0.4, 0.5) is 5.00 Å². The summed E-state index contributed by atoms with van der Waals surface area (Å²) >= 11 is 1.43. The predicted molar refractivity (Wildman–Crippen MR) is 45.6 cm³/mol. The predicted octanol–water partition coefficient (Wildman–Crippen LogP) is 1.51. The zero-order valence-electron chi connectivity index (χ0n) is 6.37. The molecule has 4 heteroatoms. The molecule has 0 saturated heterocycles. The average molecular weight is 171 g/mol. The van der Waals surface area contributed by atoms with E-state index in [1.165, 1.54) is 11.3 Å². The SMILES string of the molecule is CN(C)c1sccc1C(=O)O. The second-order valence-corrected chi connectivity index (χ2v) is 3.23. The van der Waals surface area contributed by atoms with Crippen molar-refractivity contribution in [3.63, 3.8) is 0 Å². The molecular formula is C7H9NO2S. The first-order valence-corrected chi connectivity index (χ1v) is 3.99. The van der Waals surface area contributed by atoms with Gasteiger partial charge in [-0.05, 0) is 11.4 Å². The highest BCUT2D eigenvalue weighted by atomic mass is 32.1. The first-order chi connectivity index (χ1) is 5.13. The number of carboxylic acids is 1. The van der Waals surface area contributed by atoms with Crippen molar-refractivity contribution in [3.8, 4) is 0 Å². The Labute approximate surface area is 68.9 Å². The van der Waals surface area contributed by atoms with Crippen LogP contribution in [-0.4, -0.2) is 25.2 Å². The molecule has 0 aromatic carbocycles. The van der Waals surface area contributed by atoms with Crippen LogP contribution < -0.4 is 4.90 Å². The number of aromatic carboxylic acids is 1. The smallest absolute Gasteiger partial charge is 0.338 e. The summed E-state index contributed by atoms with van der Waals surface area (Å²) in [5.41, 5.74) is 0.375. The van der Waals surface area contributed by atoms with E-state index in [-0.39, 0.29) is 0 Å². The number of hydrogen-bond acceptors (Lipinski definition) is 3. The first kappa shape index (κ1) is 8.07. The Morgan fingerprint density at radius 3 is 2.64 bits per heavy atom. The van der Waals surface area contributed by atoms with Gasteiger partial charge in [-0.1, -0.05) is 0 Å². The molecule has 0 fully saturated rings. The summed E-state index contributed by atoms with van der Waals surface area (Å²) in [6.07, 6.45) is 0. The molecule has 1 aromatic heterocycles. The summed E-state index contributed by atoms with van der Waals surface area (Å²) < 4.78 is 0. The van der Waals surface area contributed by atoms with Gasteiger partial charge < -0.3 is 10.0 Å². The molecule has 1 heterocycles. The molecule has 0 bridgehead atoms. The Hall–Kier alpha value is -1.03. The maximum absolute atomic E-state index is 10.6. The lowest BCUT2D eigenvalue weighted by molar-refractivity contribution is 0.0698. The average Bonchev–Trinajstić information content (AvgIpc) is 2.32. The number of hydrogen-bond donors (Lipinski definition) is 1. The van der Waals surface area contributed by atoms with E-state index < -0.39 is 5.97 Å². The van der Waals surface area contributed by atoms with Crippen LogP contribution in [-0.2, 0) is 0 Å². The second kappa shape index (κ2) is 2.92. The summed E-state index contributed by atoms with van der Waals surface area (Å²) in [4.78, 5) is 12.4. The largest absolute Gasteiger partial charge is 0.478 e. The van der Waals surface area contributed by atoms with Crippen molar-refractivity contribution >= 4 is 22.3 Å². The molecule has 0 radical (unpaired) electrons. The highest BCUT2D eigenvalue weighted by Crippen LogP contribution is 2.25. The number of carbonyl (C=O) groups is 1. The lowest BCUT2D eigenvalue weighted by Gasteiger charge is -2.09. The first-order valence-electron chi connectivity index (χ1n) is 3.11. The summed E-state index contributed by atoms with van der Waals surface area (Å²) in [6, 6.07) is 1.61. The monoisotopic (exact) mass is 171 g/mol. The van der Waals surface area contributed by atoms with E-state index in [4.69, 9.17) is 5.11 Å². The van der Waals surface area contributed by atoms with E-state index in [0.29, 0.717) is 5.56 Å². The minimum absolute atomic E-state index is 0.375. The summed E-state index contributed by atoms with van der Waals surface area (Å²) in [6.45, 7) is 0. The van der Waals surface area contributed by atoms with Crippen LogP contribution in [0.5, 0.6) is 0 Å². The summed E-state index contributed by atoms with van der Waals surface area (Å²) in [5.74, 6) is -0.866. The van der Waals surface area contributed by atoms with E-state index in [1.54, 1.807) is 16.3 Å². The highest BCUT2D eigenvalue weighted by molar-refractivity contribution is 7.14. The molecule has 0 unspecified atom stereocenters. The zero-order valence-corrected chi connectivity index (χ0v) is 7.18. The molecular weight excluding hydrogens is 162 g/mol. The van der Waals surface area contributed by atoms with Gasteiger partial charge in [-0.3, -0.25) is 0 Å². The van der Waals surface area contributed by atoms with E-state index in [2.05, 4.69) is 0 Å². The maximum Gasteiger partial charge on any atom is 0.338 e. The third kappa shape index (κ3) is 1.51. The lowest BCUT2D eigenvalue weighted by Crippen LogP contribution is -2.10. The van der Waals surface area contributed by atoms with Crippen LogP contribution in [0.25, 0.3) is 0 Å². The molecule has 1 aromatic rings. The van der Waals surface area contributed by atoms with E-state index in [9.17, 15) is 4.79 Å². The van der Waals surface area contributed by atoms with Crippen molar-refractivity contribution in [3.05, 3.63) is 17.0 Å². The maximum atomic E-state index is 10.6. The van der Waals surface area contributed by atoms with Crippen LogP contribution in [0.2, 0.25) is 0 Å². The number of nitrogens with zero attached hydrogens (tertiary/aromatic N) is 1. The summed E-state index contributed by atoms with van der Waals surface area (Å²) in [5, 5.41) is 11.2. The molecule has 0 aliphatic heterocycles. The van der Waals surface area contributed by atoms with Gasteiger partial charge in [0.05, 0.1) is 5.56 Å². The highest BCUT2D eigenvalue weighted by Gasteiger charge is 2.11. The molecule has 0 atom stereocenters. The van der Waals surface area contributed by atoms with Crippen molar-refractivity contribution in [2.24, 2.45) is 0 Å². The van der Waals surface area contributed by atoms with Gasteiger partial charge in [-0.25, -0.2) is 4.79 Å². The Balaban J connectivity index is 3.06. The molecule has 3 nitrogen and oxygen atoms in total. The van der Waals surface area contributed by atoms with Gasteiger partial charge in [0, 0.05) is 14.1 Å². The van der Waals surface area contributed by atoms with Crippen molar-refractivity contribution in [1.29, 1.82) is 0 Å². The van der Waals surface area contributed by atoms with Crippen LogP contribution in [0.3, 0.4) is 0 Å². The van der Waals surface area contributed by atoms with Crippen molar-refractivity contribution in [2.75, 3.05) is 19.0 Å². The van der Waals surface area contributed by atoms with Gasteiger partial charge in [-0.15, -0.1) is 11.3 Å². The van der Waals surface area contributed by atoms with E-state index in [1.807, 2.05) is 14.1 Å². The van der Waals surface area contributed by atoms with Gasteiger partial charge in [-0.2, -0.15) is 0 Å². The van der Waals surface area contributed by atoms with Crippen molar-refractivity contribution < 1.29 is 9.90 Å². The normalized spacial score (nSPS) is 9.64. The molecule has 0 amide bonds. The molecule has 1 N–H and O–H groups in total. The van der Waals surface area contributed by atoms with Gasteiger partial charge in [0.15, 0.2) is 0 Å². The lowest BCUT2D eigenvalue weighted by atomic mass is 10.3. The number of carboxylic acid groups (broad SMARTS) is 1. The molecule has 0 saturated carbocycles. The van der Waals surface area contributed by atoms with Crippen LogP contribution in [0.15, 0.2) is 11.4 Å². The van der Waals surface area contributed by atoms with E-state index >= 15 is 0 Å². The third-order valence-corrected chi connectivity index (χ3v) is 2.36. The molecule has 1 rings (SSSR count). The quantitative estimate of drug-likeness (QED) is 0.733. The number of anilines is 1. The third-order valence-electron chi connectivity index (χ3n) is 1.28. The molecule has 0 spiro atoms. The van der Waals surface area contributed by atoms with Crippen LogP contribution >= 0.6 is 11.3 Å². The van der Waals surface area contributed by atoms with Gasteiger partial charge in [0.1, 0.15) is 5.00 Å². The Morgan fingerprint density at radius 1 is 1.64 bits per heavy atom. The molecule has 11 heavy (non-hydrogen) atoms. The standard InChI is InChI=1S/C7H9NO2S/c1-8(2)6-5(7(9)10)3-4-11-6/h3-4H,1-2H3,(H,9,10). The van der Waals surface area contributed by atoms with Gasteiger partial charge in [0.2, 0.25) is 0 Å². The fourth-order valence-corrected chi connectivity index (χ4v) is 1.64. The second-order valence-electron chi connectivity index (χ2n) is 2.34. The summed E-state index contributed by atoms with van der Waals surface area (Å²) in [7, 11) is 3.66. The Morgan fingerprint density at radius 2 is 2.27 bits per heavy atom. The fourth-order valence-electron chi connectivity index (χ4n) is 0.810. The van der Waals surface area contributed by atoms with Crippen LogP contribution in [0, 0.1) is 0 Å². The fraction of sp³-hybridized carbons (Fsp3) is 0.286. The van der Waals surface area contributed by atoms with Gasteiger partial charge >= 0.3 is 5.97 Å². The van der Waals surface area contributed by atoms with Crippen molar-refractivity contribution in [1.82, 2.24) is 0 Å². The van der Waals surface area contributed by atoms with Gasteiger partial charge in [0.25, 0.3) is 0 Å². The molecule has 60 valence electrons.